The van der Waals surface area contributed by atoms with Crippen molar-refractivity contribution in [2.45, 2.75) is 13.5 Å². The highest BCUT2D eigenvalue weighted by molar-refractivity contribution is 7.15. The summed E-state index contributed by atoms with van der Waals surface area (Å²) in [4.78, 5) is 18.9. The largest absolute Gasteiger partial charge is 0.268 e. The van der Waals surface area contributed by atoms with Crippen LogP contribution in [0.3, 0.4) is 0 Å². The molecule has 0 aliphatic rings. The average molecular weight is 368 g/mol. The SMILES string of the molecule is Cc1ccc(-c2ccc(=O)n(Cc3cc4ccccc4nc3Cl)n2)s1. The molecule has 4 rings (SSSR count). The normalized spacial score (nSPS) is 11.1. The zero-order valence-corrected chi connectivity index (χ0v) is 15.0. The van der Waals surface area contributed by atoms with Gasteiger partial charge >= 0.3 is 0 Å². The van der Waals surface area contributed by atoms with E-state index in [4.69, 9.17) is 11.6 Å². The van der Waals surface area contributed by atoms with Crippen molar-refractivity contribution >= 4 is 33.8 Å². The summed E-state index contributed by atoms with van der Waals surface area (Å²) in [6.45, 7) is 2.33. The van der Waals surface area contributed by atoms with Crippen LogP contribution in [0.4, 0.5) is 0 Å². The number of pyridine rings is 1. The monoisotopic (exact) mass is 367 g/mol. The van der Waals surface area contributed by atoms with E-state index in [-0.39, 0.29) is 12.1 Å². The van der Waals surface area contributed by atoms with Crippen LogP contribution in [0.1, 0.15) is 10.4 Å². The lowest BCUT2D eigenvalue weighted by atomic mass is 10.1. The first kappa shape index (κ1) is 16.0. The molecule has 0 aliphatic heterocycles. The number of hydrogen-bond acceptors (Lipinski definition) is 4. The second-order valence-electron chi connectivity index (χ2n) is 5.76. The summed E-state index contributed by atoms with van der Waals surface area (Å²) in [6.07, 6.45) is 0. The van der Waals surface area contributed by atoms with Crippen LogP contribution in [0.2, 0.25) is 5.15 Å². The molecule has 1 aromatic carbocycles. The molecule has 0 N–H and O–H groups in total. The third-order valence-electron chi connectivity index (χ3n) is 3.93. The summed E-state index contributed by atoms with van der Waals surface area (Å²) in [5.41, 5.74) is 2.22. The van der Waals surface area contributed by atoms with E-state index in [1.165, 1.54) is 9.56 Å². The van der Waals surface area contributed by atoms with Gasteiger partial charge in [0.05, 0.1) is 16.9 Å². The van der Waals surface area contributed by atoms with Gasteiger partial charge in [-0.3, -0.25) is 4.79 Å². The Bertz CT molecular complexity index is 1130. The van der Waals surface area contributed by atoms with Crippen molar-refractivity contribution in [3.05, 3.63) is 80.5 Å². The first-order valence-electron chi connectivity index (χ1n) is 7.79. The lowest BCUT2D eigenvalue weighted by molar-refractivity contribution is 0.642. The average Bonchev–Trinajstić information content (AvgIpc) is 3.04. The number of benzene rings is 1. The molecular formula is C19H14ClN3OS. The second-order valence-corrected chi connectivity index (χ2v) is 7.40. The van der Waals surface area contributed by atoms with Gasteiger partial charge in [-0.05, 0) is 37.3 Å². The molecule has 4 nitrogen and oxygen atoms in total. The predicted octanol–water partition coefficient (Wildman–Crippen LogP) is 4.53. The maximum Gasteiger partial charge on any atom is 0.267 e. The fourth-order valence-electron chi connectivity index (χ4n) is 2.67. The van der Waals surface area contributed by atoms with Crippen LogP contribution in [0.5, 0.6) is 0 Å². The molecule has 0 aliphatic carbocycles. The van der Waals surface area contributed by atoms with E-state index in [0.717, 1.165) is 27.0 Å². The molecule has 0 radical (unpaired) electrons. The van der Waals surface area contributed by atoms with Crippen LogP contribution in [-0.2, 0) is 6.54 Å². The smallest absolute Gasteiger partial charge is 0.267 e. The molecular weight excluding hydrogens is 354 g/mol. The highest BCUT2D eigenvalue weighted by atomic mass is 35.5. The Morgan fingerprint density at radius 2 is 1.96 bits per heavy atom. The zero-order valence-electron chi connectivity index (χ0n) is 13.4. The first-order valence-corrected chi connectivity index (χ1v) is 8.99. The van der Waals surface area contributed by atoms with E-state index in [0.29, 0.717) is 5.15 Å². The molecule has 4 aromatic rings. The van der Waals surface area contributed by atoms with Crippen molar-refractivity contribution in [3.8, 4) is 10.6 Å². The van der Waals surface area contributed by atoms with Crippen molar-refractivity contribution in [2.24, 2.45) is 0 Å². The summed E-state index contributed by atoms with van der Waals surface area (Å²) in [5.74, 6) is 0. The minimum atomic E-state index is -0.166. The summed E-state index contributed by atoms with van der Waals surface area (Å²) in [7, 11) is 0. The second kappa shape index (κ2) is 6.43. The predicted molar refractivity (Wildman–Crippen MR) is 102 cm³/mol. The minimum Gasteiger partial charge on any atom is -0.268 e. The Morgan fingerprint density at radius 1 is 1.12 bits per heavy atom. The molecule has 3 aromatic heterocycles. The Kier molecular flexibility index (Phi) is 4.11. The van der Waals surface area contributed by atoms with Crippen molar-refractivity contribution in [3.63, 3.8) is 0 Å². The van der Waals surface area contributed by atoms with Gasteiger partial charge in [0.2, 0.25) is 0 Å². The fraction of sp³-hybridized carbons (Fsp3) is 0.105. The number of aromatic nitrogens is 3. The zero-order chi connectivity index (χ0) is 17.4. The number of halogens is 1. The van der Waals surface area contributed by atoms with Crippen LogP contribution in [0.15, 0.2) is 59.4 Å². The lowest BCUT2D eigenvalue weighted by Gasteiger charge is -2.09. The summed E-state index contributed by atoms with van der Waals surface area (Å²) < 4.78 is 1.43. The van der Waals surface area contributed by atoms with Gasteiger partial charge in [0, 0.05) is 21.9 Å². The molecule has 0 atom stereocenters. The van der Waals surface area contributed by atoms with Crippen LogP contribution in [-0.4, -0.2) is 14.8 Å². The molecule has 0 fully saturated rings. The Hall–Kier alpha value is -2.50. The standard InChI is InChI=1S/C19H14ClN3OS/c1-12-6-8-17(25-12)16-7-9-18(24)23(22-16)11-14-10-13-4-2-3-5-15(13)21-19(14)20/h2-10H,11H2,1H3. The summed E-state index contributed by atoms with van der Waals surface area (Å²) >= 11 is 7.96. The fourth-order valence-corrected chi connectivity index (χ4v) is 3.71. The van der Waals surface area contributed by atoms with Gasteiger partial charge in [0.25, 0.3) is 5.56 Å². The van der Waals surface area contributed by atoms with Crippen molar-refractivity contribution in [1.29, 1.82) is 0 Å². The maximum atomic E-state index is 12.2. The van der Waals surface area contributed by atoms with Crippen LogP contribution < -0.4 is 5.56 Å². The molecule has 0 saturated carbocycles. The minimum absolute atomic E-state index is 0.166. The molecule has 6 heteroatoms. The topological polar surface area (TPSA) is 47.8 Å². The van der Waals surface area contributed by atoms with Gasteiger partial charge in [-0.15, -0.1) is 11.3 Å². The van der Waals surface area contributed by atoms with Gasteiger partial charge in [-0.25, -0.2) is 9.67 Å². The van der Waals surface area contributed by atoms with Gasteiger partial charge in [0.1, 0.15) is 10.8 Å². The third-order valence-corrected chi connectivity index (χ3v) is 5.28. The molecule has 0 bridgehead atoms. The molecule has 0 amide bonds. The van der Waals surface area contributed by atoms with E-state index < -0.39 is 0 Å². The van der Waals surface area contributed by atoms with Crippen molar-refractivity contribution < 1.29 is 0 Å². The summed E-state index contributed by atoms with van der Waals surface area (Å²) in [6, 6.07) is 17.1. The van der Waals surface area contributed by atoms with Crippen molar-refractivity contribution in [1.82, 2.24) is 14.8 Å². The van der Waals surface area contributed by atoms with Crippen LogP contribution in [0.25, 0.3) is 21.5 Å². The molecule has 3 heterocycles. The highest BCUT2D eigenvalue weighted by Crippen LogP contribution is 2.25. The van der Waals surface area contributed by atoms with E-state index in [9.17, 15) is 4.79 Å². The number of hydrogen-bond donors (Lipinski definition) is 0. The van der Waals surface area contributed by atoms with E-state index in [1.807, 2.05) is 49.4 Å². The third kappa shape index (κ3) is 3.21. The number of para-hydroxylation sites is 1. The summed E-state index contributed by atoms with van der Waals surface area (Å²) in [5, 5.41) is 5.88. The Labute approximate surface area is 153 Å². The van der Waals surface area contributed by atoms with E-state index in [1.54, 1.807) is 23.5 Å². The Balaban J connectivity index is 1.75. The molecule has 0 saturated heterocycles. The molecule has 124 valence electrons. The highest BCUT2D eigenvalue weighted by Gasteiger charge is 2.10. The first-order chi connectivity index (χ1) is 12.1. The van der Waals surface area contributed by atoms with E-state index in [2.05, 4.69) is 10.1 Å². The van der Waals surface area contributed by atoms with Crippen molar-refractivity contribution in [2.75, 3.05) is 0 Å². The number of rotatable bonds is 3. The number of fused-ring (bicyclic) bond motifs is 1. The Morgan fingerprint density at radius 3 is 2.76 bits per heavy atom. The molecule has 0 unspecified atom stereocenters. The number of nitrogens with zero attached hydrogens (tertiary/aromatic N) is 3. The maximum absolute atomic E-state index is 12.2. The lowest BCUT2D eigenvalue weighted by Crippen LogP contribution is -2.23. The number of thiophene rings is 1. The quantitative estimate of drug-likeness (QED) is 0.500. The van der Waals surface area contributed by atoms with Gasteiger partial charge in [-0.2, -0.15) is 5.10 Å². The van der Waals surface area contributed by atoms with Gasteiger partial charge in [-0.1, -0.05) is 29.8 Å². The number of aryl methyl sites for hydroxylation is 1. The molecule has 25 heavy (non-hydrogen) atoms. The van der Waals surface area contributed by atoms with Gasteiger partial charge < -0.3 is 0 Å². The van der Waals surface area contributed by atoms with Crippen LogP contribution in [0, 0.1) is 6.92 Å². The molecule has 0 spiro atoms. The van der Waals surface area contributed by atoms with E-state index >= 15 is 0 Å². The van der Waals surface area contributed by atoms with Gasteiger partial charge in [0.15, 0.2) is 0 Å². The van der Waals surface area contributed by atoms with Crippen LogP contribution >= 0.6 is 22.9 Å².